The van der Waals surface area contributed by atoms with Crippen molar-refractivity contribution in [2.24, 2.45) is 0 Å². The minimum atomic E-state index is -2.05. The van der Waals surface area contributed by atoms with Crippen LogP contribution >= 0.6 is 11.3 Å². The molecule has 2 aromatic rings. The molecule has 0 aliphatic rings. The summed E-state index contributed by atoms with van der Waals surface area (Å²) in [7, 11) is 3.55. The molecule has 1 unspecified atom stereocenters. The van der Waals surface area contributed by atoms with Gasteiger partial charge in [0.2, 0.25) is 11.6 Å². The molecule has 1 atom stereocenters. The van der Waals surface area contributed by atoms with Gasteiger partial charge in [-0.1, -0.05) is 6.07 Å². The van der Waals surface area contributed by atoms with E-state index in [1.54, 1.807) is 14.1 Å². The lowest BCUT2D eigenvalue weighted by Crippen LogP contribution is -2.34. The molecule has 6 nitrogen and oxygen atoms in total. The molecule has 0 saturated heterocycles. The Morgan fingerprint density at radius 1 is 1.32 bits per heavy atom. The molecule has 134 valence electrons. The lowest BCUT2D eigenvalue weighted by atomic mass is 10.1. The fourth-order valence-electron chi connectivity index (χ4n) is 2.19. The molecule has 1 aromatic carbocycles. The number of likely N-dealkylation sites (N-methyl/N-ethyl adjacent to an activating group) is 1. The summed E-state index contributed by atoms with van der Waals surface area (Å²) in [6, 6.07) is 3.84. The van der Waals surface area contributed by atoms with Gasteiger partial charge in [0, 0.05) is 17.5 Å². The molecule has 0 fully saturated rings. The summed E-state index contributed by atoms with van der Waals surface area (Å²) >= 11 is 1.45. The molecule has 1 N–H and O–H groups in total. The zero-order valence-corrected chi connectivity index (χ0v) is 14.1. The first kappa shape index (κ1) is 18.9. The third-order valence-electron chi connectivity index (χ3n) is 3.52. The van der Waals surface area contributed by atoms with Crippen molar-refractivity contribution < 1.29 is 22.9 Å². The molecule has 0 saturated carbocycles. The molecule has 0 spiro atoms. The Balaban J connectivity index is 2.25. The Morgan fingerprint density at radius 3 is 2.52 bits per heavy atom. The minimum Gasteiger partial charge on any atom is -0.350 e. The lowest BCUT2D eigenvalue weighted by molar-refractivity contribution is -0.387. The normalized spacial score (nSPS) is 12.2. The third-order valence-corrected chi connectivity index (χ3v) is 4.49. The Bertz CT molecular complexity index is 797. The predicted octanol–water partition coefficient (Wildman–Crippen LogP) is 3.11. The smallest absolute Gasteiger partial charge is 0.308 e. The highest BCUT2D eigenvalue weighted by Gasteiger charge is 2.29. The first-order chi connectivity index (χ1) is 11.7. The maximum atomic E-state index is 13.8. The molecule has 0 bridgehead atoms. The van der Waals surface area contributed by atoms with E-state index >= 15 is 0 Å². The topological polar surface area (TPSA) is 75.5 Å². The number of amides is 1. The standard InChI is InChI=1S/C15H14F3N3O3S/c1-20(2)10(11-4-3-5-25-11)7-19-15(22)8-6-9(21(23)24)13(17)14(18)12(8)16/h3-6,10H,7H2,1-2H3,(H,19,22). The van der Waals surface area contributed by atoms with Crippen molar-refractivity contribution in [3.05, 3.63) is 61.6 Å². The largest absolute Gasteiger partial charge is 0.350 e. The number of halogens is 3. The zero-order valence-electron chi connectivity index (χ0n) is 13.3. The highest BCUT2D eigenvalue weighted by molar-refractivity contribution is 7.10. The molecule has 1 heterocycles. The summed E-state index contributed by atoms with van der Waals surface area (Å²) in [4.78, 5) is 24.4. The van der Waals surface area contributed by atoms with Crippen LogP contribution in [-0.2, 0) is 0 Å². The summed E-state index contributed by atoms with van der Waals surface area (Å²) in [5.41, 5.74) is -2.22. The SMILES string of the molecule is CN(C)C(CNC(=O)c1cc([N+](=O)[O-])c(F)c(F)c1F)c1cccs1. The number of rotatable bonds is 6. The number of benzene rings is 1. The summed E-state index contributed by atoms with van der Waals surface area (Å²) in [6.45, 7) is 0.0541. The molecule has 0 radical (unpaired) electrons. The number of nitrogens with zero attached hydrogens (tertiary/aromatic N) is 2. The highest BCUT2D eigenvalue weighted by Crippen LogP contribution is 2.26. The highest BCUT2D eigenvalue weighted by atomic mass is 32.1. The Kier molecular flexibility index (Phi) is 5.75. The number of carbonyl (C=O) groups is 1. The average Bonchev–Trinajstić information content (AvgIpc) is 3.06. The number of carbonyl (C=O) groups excluding carboxylic acids is 1. The van der Waals surface area contributed by atoms with E-state index in [0.717, 1.165) is 4.88 Å². The van der Waals surface area contributed by atoms with E-state index in [1.165, 1.54) is 11.3 Å². The van der Waals surface area contributed by atoms with E-state index in [1.807, 2.05) is 22.4 Å². The maximum Gasteiger partial charge on any atom is 0.308 e. The molecule has 2 rings (SSSR count). The van der Waals surface area contributed by atoms with Crippen LogP contribution in [0, 0.1) is 27.6 Å². The summed E-state index contributed by atoms with van der Waals surface area (Å²) in [5.74, 6) is -6.83. The average molecular weight is 373 g/mol. The monoisotopic (exact) mass is 373 g/mol. The van der Waals surface area contributed by atoms with Crippen LogP contribution in [0.5, 0.6) is 0 Å². The van der Waals surface area contributed by atoms with Crippen LogP contribution in [0.4, 0.5) is 18.9 Å². The van der Waals surface area contributed by atoms with Gasteiger partial charge in [0.25, 0.3) is 5.91 Å². The molecule has 10 heteroatoms. The summed E-state index contributed by atoms with van der Waals surface area (Å²) in [5, 5.41) is 15.0. The van der Waals surface area contributed by atoms with Crippen molar-refractivity contribution in [1.82, 2.24) is 10.2 Å². The maximum absolute atomic E-state index is 13.8. The van der Waals surface area contributed by atoms with Gasteiger partial charge in [0.05, 0.1) is 16.5 Å². The van der Waals surface area contributed by atoms with Gasteiger partial charge in [-0.15, -0.1) is 11.3 Å². The van der Waals surface area contributed by atoms with E-state index in [4.69, 9.17) is 0 Å². The van der Waals surface area contributed by atoms with Crippen LogP contribution in [0.25, 0.3) is 0 Å². The summed E-state index contributed by atoms with van der Waals surface area (Å²) in [6.07, 6.45) is 0. The molecular formula is C15H14F3N3O3S. The van der Waals surface area contributed by atoms with Gasteiger partial charge in [-0.05, 0) is 25.5 Å². The second-order valence-electron chi connectivity index (χ2n) is 5.35. The second kappa shape index (κ2) is 7.62. The number of hydrogen-bond donors (Lipinski definition) is 1. The second-order valence-corrected chi connectivity index (χ2v) is 6.33. The van der Waals surface area contributed by atoms with Crippen LogP contribution in [0.1, 0.15) is 21.3 Å². The van der Waals surface area contributed by atoms with E-state index in [-0.39, 0.29) is 12.6 Å². The number of hydrogen-bond acceptors (Lipinski definition) is 5. The first-order valence-corrected chi connectivity index (χ1v) is 7.92. The van der Waals surface area contributed by atoms with E-state index in [2.05, 4.69) is 5.32 Å². The molecule has 0 aliphatic carbocycles. The van der Waals surface area contributed by atoms with Gasteiger partial charge in [-0.25, -0.2) is 8.78 Å². The molecular weight excluding hydrogens is 359 g/mol. The van der Waals surface area contributed by atoms with Crippen LogP contribution in [0.3, 0.4) is 0 Å². The van der Waals surface area contributed by atoms with Crippen molar-refractivity contribution in [1.29, 1.82) is 0 Å². The van der Waals surface area contributed by atoms with Crippen LogP contribution < -0.4 is 5.32 Å². The molecule has 1 aromatic heterocycles. The van der Waals surface area contributed by atoms with Crippen LogP contribution in [0.2, 0.25) is 0 Å². The first-order valence-electron chi connectivity index (χ1n) is 7.04. The number of nitro benzene ring substituents is 1. The van der Waals surface area contributed by atoms with Gasteiger partial charge >= 0.3 is 5.69 Å². The Labute approximate surface area is 145 Å². The lowest BCUT2D eigenvalue weighted by Gasteiger charge is -2.23. The number of nitro groups is 1. The Hall–Kier alpha value is -2.46. The van der Waals surface area contributed by atoms with Crippen molar-refractivity contribution in [2.45, 2.75) is 6.04 Å². The minimum absolute atomic E-state index is 0.0541. The van der Waals surface area contributed by atoms with Gasteiger partial charge < -0.3 is 10.2 Å². The van der Waals surface area contributed by atoms with Crippen LogP contribution in [-0.4, -0.2) is 36.4 Å². The quantitative estimate of drug-likeness (QED) is 0.480. The molecule has 25 heavy (non-hydrogen) atoms. The molecule has 0 aliphatic heterocycles. The molecule has 1 amide bonds. The van der Waals surface area contributed by atoms with Gasteiger partial charge in [0.15, 0.2) is 5.82 Å². The van der Waals surface area contributed by atoms with Gasteiger partial charge in [-0.2, -0.15) is 4.39 Å². The van der Waals surface area contributed by atoms with Crippen molar-refractivity contribution in [3.8, 4) is 0 Å². The fraction of sp³-hybridized carbons (Fsp3) is 0.267. The number of nitrogens with one attached hydrogen (secondary N) is 1. The van der Waals surface area contributed by atoms with Crippen molar-refractivity contribution in [2.75, 3.05) is 20.6 Å². The zero-order chi connectivity index (χ0) is 18.7. The van der Waals surface area contributed by atoms with Crippen LogP contribution in [0.15, 0.2) is 23.6 Å². The van der Waals surface area contributed by atoms with E-state index in [0.29, 0.717) is 6.07 Å². The van der Waals surface area contributed by atoms with Crippen molar-refractivity contribution in [3.63, 3.8) is 0 Å². The van der Waals surface area contributed by atoms with Gasteiger partial charge in [-0.3, -0.25) is 14.9 Å². The number of thiophene rings is 1. The van der Waals surface area contributed by atoms with Crippen molar-refractivity contribution >= 4 is 22.9 Å². The Morgan fingerprint density at radius 2 is 2.00 bits per heavy atom. The van der Waals surface area contributed by atoms with E-state index in [9.17, 15) is 28.1 Å². The fourth-order valence-corrected chi connectivity index (χ4v) is 3.11. The van der Waals surface area contributed by atoms with E-state index < -0.39 is 39.5 Å². The predicted molar refractivity (Wildman–Crippen MR) is 86.1 cm³/mol. The van der Waals surface area contributed by atoms with Gasteiger partial charge in [0.1, 0.15) is 0 Å². The third kappa shape index (κ3) is 3.97. The summed E-state index contributed by atoms with van der Waals surface area (Å²) < 4.78 is 40.7.